The van der Waals surface area contributed by atoms with E-state index in [1.807, 2.05) is 31.2 Å². The van der Waals surface area contributed by atoms with E-state index in [9.17, 15) is 8.42 Å². The van der Waals surface area contributed by atoms with Crippen molar-refractivity contribution in [3.8, 4) is 0 Å². The van der Waals surface area contributed by atoms with Gasteiger partial charge in [-0.3, -0.25) is 0 Å². The van der Waals surface area contributed by atoms with Crippen molar-refractivity contribution < 1.29 is 13.3 Å². The number of quaternary nitrogens is 1. The number of piperidine rings is 1. The van der Waals surface area contributed by atoms with Gasteiger partial charge in [-0.2, -0.15) is 0 Å². The molecule has 0 spiro atoms. The molecule has 4 nitrogen and oxygen atoms in total. The summed E-state index contributed by atoms with van der Waals surface area (Å²) in [5.74, 6) is 0.568. The smallest absolute Gasteiger partial charge is 0.215 e. The zero-order valence-corrected chi connectivity index (χ0v) is 13.2. The van der Waals surface area contributed by atoms with Crippen molar-refractivity contribution >= 4 is 10.0 Å². The molecular formula is C15H25N2O2S+. The molecule has 1 aromatic rings. The molecule has 1 fully saturated rings. The van der Waals surface area contributed by atoms with Gasteiger partial charge in [-0.05, 0) is 18.4 Å². The van der Waals surface area contributed by atoms with E-state index < -0.39 is 10.0 Å². The van der Waals surface area contributed by atoms with Gasteiger partial charge >= 0.3 is 0 Å². The first-order valence-corrected chi connectivity index (χ1v) is 8.94. The number of likely N-dealkylation sites (tertiary alicyclic amines) is 1. The van der Waals surface area contributed by atoms with Crippen LogP contribution >= 0.6 is 0 Å². The van der Waals surface area contributed by atoms with Gasteiger partial charge in [-0.25, -0.2) is 13.1 Å². The number of hydrogen-bond acceptors (Lipinski definition) is 2. The fraction of sp³-hybridized carbons (Fsp3) is 0.600. The first-order valence-electron chi connectivity index (χ1n) is 7.29. The lowest BCUT2D eigenvalue weighted by Gasteiger charge is -2.26. The first kappa shape index (κ1) is 15.5. The van der Waals surface area contributed by atoms with E-state index in [4.69, 9.17) is 0 Å². The molecule has 1 aliphatic rings. The summed E-state index contributed by atoms with van der Waals surface area (Å²) in [7, 11) is -1.03. The number of aryl methyl sites for hydroxylation is 1. The average Bonchev–Trinajstić information content (AvgIpc) is 2.37. The summed E-state index contributed by atoms with van der Waals surface area (Å²) in [6, 6.07) is 7.67. The Hall–Kier alpha value is -0.910. The normalized spacial score (nSPS) is 23.7. The fourth-order valence-corrected chi connectivity index (χ4v) is 3.90. The van der Waals surface area contributed by atoms with E-state index in [2.05, 4.69) is 11.8 Å². The molecule has 0 radical (unpaired) electrons. The average molecular weight is 297 g/mol. The van der Waals surface area contributed by atoms with Crippen LogP contribution in [0.2, 0.25) is 0 Å². The zero-order valence-electron chi connectivity index (χ0n) is 12.4. The van der Waals surface area contributed by atoms with Gasteiger partial charge < -0.3 is 4.90 Å². The molecule has 0 bridgehead atoms. The predicted octanol–water partition coefficient (Wildman–Crippen LogP) is 0.339. The summed E-state index contributed by atoms with van der Waals surface area (Å²) in [5, 5.41) is 0. The third kappa shape index (κ3) is 4.89. The Kier molecular flexibility index (Phi) is 5.18. The minimum atomic E-state index is -3.22. The molecule has 2 N–H and O–H groups in total. The third-order valence-corrected chi connectivity index (χ3v) is 5.31. The highest BCUT2D eigenvalue weighted by atomic mass is 32.2. The molecule has 2 rings (SSSR count). The van der Waals surface area contributed by atoms with Crippen molar-refractivity contribution in [3.63, 3.8) is 0 Å². The van der Waals surface area contributed by atoms with Crippen LogP contribution in [0.25, 0.3) is 0 Å². The lowest BCUT2D eigenvalue weighted by atomic mass is 9.98. The molecule has 0 aromatic heterocycles. The van der Waals surface area contributed by atoms with E-state index in [0.717, 1.165) is 37.1 Å². The Morgan fingerprint density at radius 3 is 2.65 bits per heavy atom. The molecule has 0 amide bonds. The maximum absolute atomic E-state index is 12.1. The van der Waals surface area contributed by atoms with Crippen LogP contribution in [0.3, 0.4) is 0 Å². The van der Waals surface area contributed by atoms with Crippen molar-refractivity contribution in [2.75, 3.05) is 26.7 Å². The van der Waals surface area contributed by atoms with Crippen LogP contribution in [0.1, 0.15) is 24.0 Å². The van der Waals surface area contributed by atoms with Crippen LogP contribution < -0.4 is 9.62 Å². The maximum Gasteiger partial charge on any atom is 0.215 e. The molecule has 1 heterocycles. The molecule has 0 saturated carbocycles. The van der Waals surface area contributed by atoms with Crippen LogP contribution in [0, 0.1) is 12.8 Å². The van der Waals surface area contributed by atoms with E-state index in [1.165, 1.54) is 0 Å². The quantitative estimate of drug-likeness (QED) is 0.823. The van der Waals surface area contributed by atoms with E-state index in [1.54, 1.807) is 4.90 Å². The van der Waals surface area contributed by atoms with Crippen molar-refractivity contribution in [1.82, 2.24) is 4.72 Å². The summed E-state index contributed by atoms with van der Waals surface area (Å²) in [6.45, 7) is 4.85. The van der Waals surface area contributed by atoms with Gasteiger partial charge in [0.1, 0.15) is 0 Å². The molecule has 1 aromatic carbocycles. The van der Waals surface area contributed by atoms with E-state index in [0.29, 0.717) is 12.5 Å². The third-order valence-electron chi connectivity index (χ3n) is 3.99. The van der Waals surface area contributed by atoms with Crippen LogP contribution in [0.5, 0.6) is 0 Å². The fourth-order valence-electron chi connectivity index (χ4n) is 2.69. The van der Waals surface area contributed by atoms with Crippen LogP contribution in [0.15, 0.2) is 24.3 Å². The number of sulfonamides is 1. The largest absolute Gasteiger partial charge is 0.337 e. The summed E-state index contributed by atoms with van der Waals surface area (Å²) in [5.41, 5.74) is 1.95. The number of rotatable bonds is 5. The number of nitrogens with one attached hydrogen (secondary N) is 2. The van der Waals surface area contributed by atoms with Gasteiger partial charge in [0, 0.05) is 19.4 Å². The van der Waals surface area contributed by atoms with Crippen LogP contribution in [0.4, 0.5) is 0 Å². The van der Waals surface area contributed by atoms with Gasteiger partial charge in [0.05, 0.1) is 25.9 Å². The van der Waals surface area contributed by atoms with Crippen molar-refractivity contribution in [3.05, 3.63) is 35.4 Å². The summed E-state index contributed by atoms with van der Waals surface area (Å²) >= 11 is 0. The Morgan fingerprint density at radius 1 is 1.30 bits per heavy atom. The highest BCUT2D eigenvalue weighted by molar-refractivity contribution is 7.88. The molecular weight excluding hydrogens is 272 g/mol. The SMILES string of the molecule is Cc1cccc(CS(=O)(=O)NCC2CC[NH+](C)CC2)c1. The standard InChI is InChI=1S/C15H24N2O2S/c1-13-4-3-5-15(10-13)12-20(18,19)16-11-14-6-8-17(2)9-7-14/h3-5,10,14,16H,6-9,11-12H2,1-2H3/p+1. The predicted molar refractivity (Wildman–Crippen MR) is 81.2 cm³/mol. The highest BCUT2D eigenvalue weighted by Crippen LogP contribution is 2.11. The first-order chi connectivity index (χ1) is 9.44. The number of benzene rings is 1. The Labute approximate surface area is 122 Å². The molecule has 0 aliphatic carbocycles. The van der Waals surface area contributed by atoms with E-state index >= 15 is 0 Å². The summed E-state index contributed by atoms with van der Waals surface area (Å²) in [6.07, 6.45) is 2.22. The second-order valence-electron chi connectivity index (χ2n) is 6.00. The van der Waals surface area contributed by atoms with Gasteiger partial charge in [0.25, 0.3) is 0 Å². The Balaban J connectivity index is 1.85. The Morgan fingerprint density at radius 2 is 2.00 bits per heavy atom. The number of hydrogen-bond donors (Lipinski definition) is 2. The molecule has 1 saturated heterocycles. The second-order valence-corrected chi connectivity index (χ2v) is 7.80. The molecule has 0 atom stereocenters. The highest BCUT2D eigenvalue weighted by Gasteiger charge is 2.21. The molecule has 20 heavy (non-hydrogen) atoms. The monoisotopic (exact) mass is 297 g/mol. The van der Waals surface area contributed by atoms with Gasteiger partial charge in [-0.15, -0.1) is 0 Å². The van der Waals surface area contributed by atoms with Gasteiger partial charge in [-0.1, -0.05) is 29.8 Å². The topological polar surface area (TPSA) is 50.6 Å². The van der Waals surface area contributed by atoms with Gasteiger partial charge in [0.15, 0.2) is 0 Å². The minimum absolute atomic E-state index is 0.0759. The van der Waals surface area contributed by atoms with Crippen molar-refractivity contribution in [2.24, 2.45) is 5.92 Å². The molecule has 1 aliphatic heterocycles. The molecule has 5 heteroatoms. The maximum atomic E-state index is 12.1. The lowest BCUT2D eigenvalue weighted by Crippen LogP contribution is -3.10. The molecule has 0 unspecified atom stereocenters. The lowest BCUT2D eigenvalue weighted by molar-refractivity contribution is -0.885. The summed E-state index contributed by atoms with van der Waals surface area (Å²) < 4.78 is 27.0. The van der Waals surface area contributed by atoms with Crippen LogP contribution in [-0.2, 0) is 15.8 Å². The van der Waals surface area contributed by atoms with Crippen molar-refractivity contribution in [1.29, 1.82) is 0 Å². The minimum Gasteiger partial charge on any atom is -0.337 e. The summed E-state index contributed by atoms with van der Waals surface area (Å²) in [4.78, 5) is 1.55. The van der Waals surface area contributed by atoms with E-state index in [-0.39, 0.29) is 5.75 Å². The van der Waals surface area contributed by atoms with Crippen LogP contribution in [-0.4, -0.2) is 35.1 Å². The second kappa shape index (κ2) is 6.70. The Bertz CT molecular complexity index is 535. The van der Waals surface area contributed by atoms with Gasteiger partial charge in [0.2, 0.25) is 10.0 Å². The molecule has 112 valence electrons. The van der Waals surface area contributed by atoms with Crippen molar-refractivity contribution in [2.45, 2.75) is 25.5 Å². The zero-order chi connectivity index (χ0) is 14.6.